The topological polar surface area (TPSA) is 50.4 Å². The summed E-state index contributed by atoms with van der Waals surface area (Å²) in [6, 6.07) is 14.1. The molecule has 2 aromatic rings. The Labute approximate surface area is 152 Å². The van der Waals surface area contributed by atoms with Crippen LogP contribution in [0.3, 0.4) is 0 Å². The fourth-order valence-electron chi connectivity index (χ4n) is 1.89. The average Bonchev–Trinajstić information content (AvgIpc) is 2.57. The van der Waals surface area contributed by atoms with Crippen molar-refractivity contribution in [3.05, 3.63) is 59.1 Å². The standard InChI is InChI=1S/C18H19ClN2O2S/c1-3-12(2)23-14-10-8-13(9-11-14)17(22)21-18(24)20-16-7-5-4-6-15(16)19/h4-12H,3H2,1-2H3,(H2,20,21,22,24). The fourth-order valence-corrected chi connectivity index (χ4v) is 2.28. The number of amides is 1. The number of carbonyl (C=O) groups is 1. The zero-order chi connectivity index (χ0) is 17.5. The van der Waals surface area contributed by atoms with Crippen molar-refractivity contribution in [1.29, 1.82) is 0 Å². The lowest BCUT2D eigenvalue weighted by Crippen LogP contribution is -2.34. The molecule has 0 aliphatic heterocycles. The van der Waals surface area contributed by atoms with Crippen molar-refractivity contribution in [3.8, 4) is 5.75 Å². The van der Waals surface area contributed by atoms with Crippen LogP contribution in [0.5, 0.6) is 5.75 Å². The van der Waals surface area contributed by atoms with E-state index in [0.29, 0.717) is 16.3 Å². The minimum Gasteiger partial charge on any atom is -0.491 e. The van der Waals surface area contributed by atoms with Gasteiger partial charge in [-0.05, 0) is 62.0 Å². The highest BCUT2D eigenvalue weighted by molar-refractivity contribution is 7.80. The minimum atomic E-state index is -0.297. The van der Waals surface area contributed by atoms with Crippen molar-refractivity contribution in [3.63, 3.8) is 0 Å². The third-order valence-electron chi connectivity index (χ3n) is 3.38. The molecule has 2 N–H and O–H groups in total. The van der Waals surface area contributed by atoms with E-state index >= 15 is 0 Å². The van der Waals surface area contributed by atoms with Crippen LogP contribution in [0.25, 0.3) is 0 Å². The van der Waals surface area contributed by atoms with Crippen LogP contribution in [0.1, 0.15) is 30.6 Å². The van der Waals surface area contributed by atoms with Gasteiger partial charge in [-0.3, -0.25) is 10.1 Å². The molecule has 0 radical (unpaired) electrons. The maximum Gasteiger partial charge on any atom is 0.257 e. The fraction of sp³-hybridized carbons (Fsp3) is 0.222. The van der Waals surface area contributed by atoms with E-state index in [9.17, 15) is 4.79 Å². The van der Waals surface area contributed by atoms with E-state index in [2.05, 4.69) is 17.6 Å². The van der Waals surface area contributed by atoms with Crippen LogP contribution in [0.15, 0.2) is 48.5 Å². The summed E-state index contributed by atoms with van der Waals surface area (Å²) in [7, 11) is 0. The molecule has 0 spiro atoms. The van der Waals surface area contributed by atoms with Gasteiger partial charge in [0.05, 0.1) is 16.8 Å². The summed E-state index contributed by atoms with van der Waals surface area (Å²) in [6.45, 7) is 4.05. The zero-order valence-corrected chi connectivity index (χ0v) is 15.1. The van der Waals surface area contributed by atoms with E-state index < -0.39 is 0 Å². The molecule has 0 fully saturated rings. The first-order valence-corrected chi connectivity index (χ1v) is 8.41. The van der Waals surface area contributed by atoms with Crippen molar-refractivity contribution in [2.24, 2.45) is 0 Å². The monoisotopic (exact) mass is 362 g/mol. The van der Waals surface area contributed by atoms with Gasteiger partial charge in [-0.1, -0.05) is 30.7 Å². The Kier molecular flexibility index (Phi) is 6.58. The van der Waals surface area contributed by atoms with Crippen LogP contribution in [-0.2, 0) is 0 Å². The molecule has 0 bridgehead atoms. The zero-order valence-electron chi connectivity index (χ0n) is 13.5. The Morgan fingerprint density at radius 2 is 1.88 bits per heavy atom. The highest BCUT2D eigenvalue weighted by Gasteiger charge is 2.10. The van der Waals surface area contributed by atoms with Crippen LogP contribution in [-0.4, -0.2) is 17.1 Å². The SMILES string of the molecule is CCC(C)Oc1ccc(C(=O)NC(=S)Nc2ccccc2Cl)cc1. The maximum atomic E-state index is 12.2. The van der Waals surface area contributed by atoms with Gasteiger partial charge >= 0.3 is 0 Å². The number of para-hydroxylation sites is 1. The van der Waals surface area contributed by atoms with Crippen molar-refractivity contribution >= 4 is 40.5 Å². The Bertz CT molecular complexity index is 719. The highest BCUT2D eigenvalue weighted by atomic mass is 35.5. The number of rotatable bonds is 5. The number of halogens is 1. The molecule has 4 nitrogen and oxygen atoms in total. The smallest absolute Gasteiger partial charge is 0.257 e. The maximum absolute atomic E-state index is 12.2. The molecule has 1 unspecified atom stereocenters. The number of carbonyl (C=O) groups excluding carboxylic acids is 1. The number of hydrogen-bond donors (Lipinski definition) is 2. The number of ether oxygens (including phenoxy) is 1. The highest BCUT2D eigenvalue weighted by Crippen LogP contribution is 2.20. The second-order valence-electron chi connectivity index (χ2n) is 5.25. The van der Waals surface area contributed by atoms with E-state index in [1.54, 1.807) is 36.4 Å². The molecule has 1 amide bonds. The average molecular weight is 363 g/mol. The summed E-state index contributed by atoms with van der Waals surface area (Å²) in [5.41, 5.74) is 1.14. The molecule has 0 heterocycles. The van der Waals surface area contributed by atoms with E-state index in [1.165, 1.54) is 0 Å². The third kappa shape index (κ3) is 5.22. The number of thiocarbonyl (C=S) groups is 1. The van der Waals surface area contributed by atoms with E-state index in [4.69, 9.17) is 28.6 Å². The number of hydrogen-bond acceptors (Lipinski definition) is 3. The van der Waals surface area contributed by atoms with Gasteiger partial charge in [-0.2, -0.15) is 0 Å². The van der Waals surface area contributed by atoms with E-state index in [1.807, 2.05) is 19.1 Å². The molecular weight excluding hydrogens is 344 g/mol. The van der Waals surface area contributed by atoms with Crippen LogP contribution < -0.4 is 15.4 Å². The second-order valence-corrected chi connectivity index (χ2v) is 6.06. The Morgan fingerprint density at radius 3 is 2.50 bits per heavy atom. The lowest BCUT2D eigenvalue weighted by molar-refractivity contribution is 0.0977. The van der Waals surface area contributed by atoms with Crippen molar-refractivity contribution < 1.29 is 9.53 Å². The molecule has 24 heavy (non-hydrogen) atoms. The molecule has 0 saturated heterocycles. The van der Waals surface area contributed by atoms with Gasteiger partial charge in [0, 0.05) is 5.56 Å². The van der Waals surface area contributed by atoms with Crippen LogP contribution in [0.4, 0.5) is 5.69 Å². The number of nitrogens with one attached hydrogen (secondary N) is 2. The second kappa shape index (κ2) is 8.66. The Hall–Kier alpha value is -2.11. The van der Waals surface area contributed by atoms with Gasteiger partial charge in [0.25, 0.3) is 5.91 Å². The normalized spacial score (nSPS) is 11.5. The van der Waals surface area contributed by atoms with Crippen molar-refractivity contribution in [2.75, 3.05) is 5.32 Å². The molecule has 0 saturated carbocycles. The predicted octanol–water partition coefficient (Wildman–Crippen LogP) is 4.64. The Morgan fingerprint density at radius 1 is 1.21 bits per heavy atom. The molecule has 2 aromatic carbocycles. The van der Waals surface area contributed by atoms with Crippen LogP contribution in [0, 0.1) is 0 Å². The summed E-state index contributed by atoms with van der Waals surface area (Å²) in [5.74, 6) is 0.437. The van der Waals surface area contributed by atoms with E-state index in [0.717, 1.165) is 12.2 Å². The molecular formula is C18H19ClN2O2S. The quantitative estimate of drug-likeness (QED) is 0.760. The summed E-state index contributed by atoms with van der Waals surface area (Å²) in [6.07, 6.45) is 1.06. The molecule has 6 heteroatoms. The molecule has 0 aliphatic carbocycles. The number of benzene rings is 2. The van der Waals surface area contributed by atoms with Crippen molar-refractivity contribution in [1.82, 2.24) is 5.32 Å². The minimum absolute atomic E-state index is 0.136. The van der Waals surface area contributed by atoms with Crippen LogP contribution >= 0.6 is 23.8 Å². The van der Waals surface area contributed by atoms with Gasteiger partial charge in [0.15, 0.2) is 5.11 Å². The predicted molar refractivity (Wildman–Crippen MR) is 102 cm³/mol. The Balaban J connectivity index is 1.94. The lowest BCUT2D eigenvalue weighted by atomic mass is 10.2. The van der Waals surface area contributed by atoms with E-state index in [-0.39, 0.29) is 17.1 Å². The molecule has 1 atom stereocenters. The summed E-state index contributed by atoms with van der Waals surface area (Å²) in [5, 5.41) is 6.24. The first kappa shape index (κ1) is 18.2. The van der Waals surface area contributed by atoms with Gasteiger partial charge < -0.3 is 10.1 Å². The van der Waals surface area contributed by atoms with Gasteiger partial charge in [0.2, 0.25) is 0 Å². The van der Waals surface area contributed by atoms with Gasteiger partial charge in [0.1, 0.15) is 5.75 Å². The van der Waals surface area contributed by atoms with Crippen molar-refractivity contribution in [2.45, 2.75) is 26.4 Å². The number of anilines is 1. The largest absolute Gasteiger partial charge is 0.491 e. The van der Waals surface area contributed by atoms with Crippen LogP contribution in [0.2, 0.25) is 5.02 Å². The molecule has 2 rings (SSSR count). The van der Waals surface area contributed by atoms with Gasteiger partial charge in [-0.15, -0.1) is 0 Å². The molecule has 0 aromatic heterocycles. The summed E-state index contributed by atoms with van der Waals surface area (Å²) < 4.78 is 5.69. The third-order valence-corrected chi connectivity index (χ3v) is 3.91. The molecule has 0 aliphatic rings. The lowest BCUT2D eigenvalue weighted by Gasteiger charge is -2.13. The summed E-state index contributed by atoms with van der Waals surface area (Å²) >= 11 is 11.2. The summed E-state index contributed by atoms with van der Waals surface area (Å²) in [4.78, 5) is 12.2. The first-order chi connectivity index (χ1) is 11.5. The van der Waals surface area contributed by atoms with Gasteiger partial charge in [-0.25, -0.2) is 0 Å². The molecule has 126 valence electrons. The first-order valence-electron chi connectivity index (χ1n) is 7.63.